The smallest absolute Gasteiger partial charge is 0.310 e. The first-order valence-electron chi connectivity index (χ1n) is 7.50. The lowest BCUT2D eigenvalue weighted by atomic mass is 9.83. The lowest BCUT2D eigenvalue weighted by Gasteiger charge is -2.26. The topological polar surface area (TPSA) is 49.8 Å². The van der Waals surface area contributed by atoms with Crippen molar-refractivity contribution in [2.75, 3.05) is 19.6 Å². The molecule has 0 amide bonds. The summed E-state index contributed by atoms with van der Waals surface area (Å²) in [5.74, 6) is -0.621. The second-order valence-electron chi connectivity index (χ2n) is 6.86. The fourth-order valence-electron chi connectivity index (χ4n) is 3.57. The molecular weight excluding hydrogens is 242 g/mol. The number of carbonyl (C=O) groups is 1. The van der Waals surface area contributed by atoms with E-state index in [1.807, 2.05) is 0 Å². The van der Waals surface area contributed by atoms with Crippen molar-refractivity contribution in [1.29, 1.82) is 0 Å². The van der Waals surface area contributed by atoms with Crippen molar-refractivity contribution < 1.29 is 14.6 Å². The summed E-state index contributed by atoms with van der Waals surface area (Å²) in [7, 11) is 0. The summed E-state index contributed by atoms with van der Waals surface area (Å²) in [5.41, 5.74) is -0.513. The van der Waals surface area contributed by atoms with Crippen molar-refractivity contribution in [2.45, 2.75) is 64.6 Å². The van der Waals surface area contributed by atoms with Crippen LogP contribution in [0.4, 0.5) is 0 Å². The molecule has 0 spiro atoms. The van der Waals surface area contributed by atoms with Crippen LogP contribution in [0.15, 0.2) is 0 Å². The van der Waals surface area contributed by atoms with Crippen LogP contribution in [0, 0.1) is 5.41 Å². The van der Waals surface area contributed by atoms with Gasteiger partial charge in [-0.3, -0.25) is 9.69 Å². The van der Waals surface area contributed by atoms with Crippen molar-refractivity contribution in [1.82, 2.24) is 4.90 Å². The number of likely N-dealkylation sites (tertiary alicyclic amines) is 1. The predicted molar refractivity (Wildman–Crippen MR) is 74.2 cm³/mol. The van der Waals surface area contributed by atoms with Crippen LogP contribution in [-0.2, 0) is 9.53 Å². The Bertz CT molecular complexity index is 342. The largest absolute Gasteiger partial charge is 0.481 e. The highest BCUT2D eigenvalue weighted by molar-refractivity contribution is 5.75. The zero-order valence-electron chi connectivity index (χ0n) is 12.4. The van der Waals surface area contributed by atoms with Crippen LogP contribution in [0.25, 0.3) is 0 Å². The van der Waals surface area contributed by atoms with Gasteiger partial charge in [0.15, 0.2) is 0 Å². The van der Waals surface area contributed by atoms with Gasteiger partial charge in [0.1, 0.15) is 0 Å². The van der Waals surface area contributed by atoms with E-state index in [1.54, 1.807) is 0 Å². The highest BCUT2D eigenvalue weighted by Gasteiger charge is 2.45. The monoisotopic (exact) mass is 269 g/mol. The second kappa shape index (κ2) is 5.41. The molecule has 2 unspecified atom stereocenters. The van der Waals surface area contributed by atoms with Crippen LogP contribution < -0.4 is 0 Å². The van der Waals surface area contributed by atoms with Gasteiger partial charge in [-0.25, -0.2) is 0 Å². The minimum Gasteiger partial charge on any atom is -0.481 e. The maximum absolute atomic E-state index is 11.5. The Morgan fingerprint density at radius 2 is 2.16 bits per heavy atom. The normalized spacial score (nSPS) is 34.8. The number of ether oxygens (including phenoxy) is 1. The van der Waals surface area contributed by atoms with Crippen molar-refractivity contribution in [3.05, 3.63) is 0 Å². The predicted octanol–water partition coefficient (Wildman–Crippen LogP) is 2.52. The number of hydrogen-bond acceptors (Lipinski definition) is 3. The fourth-order valence-corrected chi connectivity index (χ4v) is 3.57. The van der Waals surface area contributed by atoms with Crippen LogP contribution in [0.1, 0.15) is 52.9 Å². The molecule has 2 fully saturated rings. The summed E-state index contributed by atoms with van der Waals surface area (Å²) in [6.45, 7) is 8.81. The number of nitrogens with zero attached hydrogens (tertiary/aromatic N) is 1. The van der Waals surface area contributed by atoms with E-state index in [4.69, 9.17) is 4.74 Å². The van der Waals surface area contributed by atoms with Gasteiger partial charge in [-0.2, -0.15) is 0 Å². The van der Waals surface area contributed by atoms with Gasteiger partial charge in [-0.1, -0.05) is 13.3 Å². The molecule has 0 aliphatic carbocycles. The van der Waals surface area contributed by atoms with Crippen LogP contribution in [0.3, 0.4) is 0 Å². The molecule has 0 aromatic carbocycles. The first-order chi connectivity index (χ1) is 8.87. The first kappa shape index (κ1) is 14.8. The van der Waals surface area contributed by atoms with E-state index in [1.165, 1.54) is 0 Å². The quantitative estimate of drug-likeness (QED) is 0.833. The van der Waals surface area contributed by atoms with Crippen LogP contribution in [-0.4, -0.2) is 47.3 Å². The summed E-state index contributed by atoms with van der Waals surface area (Å²) in [5, 5.41) is 9.50. The molecule has 2 atom stereocenters. The van der Waals surface area contributed by atoms with E-state index < -0.39 is 11.4 Å². The average Bonchev–Trinajstić information content (AvgIpc) is 2.85. The Morgan fingerprint density at radius 3 is 2.68 bits per heavy atom. The van der Waals surface area contributed by atoms with Crippen LogP contribution in [0.5, 0.6) is 0 Å². The highest BCUT2D eigenvalue weighted by atomic mass is 16.5. The van der Waals surface area contributed by atoms with E-state index in [0.717, 1.165) is 45.2 Å². The van der Waals surface area contributed by atoms with Gasteiger partial charge >= 0.3 is 5.97 Å². The van der Waals surface area contributed by atoms with Crippen molar-refractivity contribution in [2.24, 2.45) is 5.41 Å². The molecule has 4 nitrogen and oxygen atoms in total. The standard InChI is InChI=1S/C15H27NO3/c1-4-6-15(13(17)18)8-9-16(11-15)10-12-5-7-14(2,3)19-12/h12H,4-11H2,1-3H3,(H,17,18). The first-order valence-corrected chi connectivity index (χ1v) is 7.50. The Hall–Kier alpha value is -0.610. The van der Waals surface area contributed by atoms with E-state index in [9.17, 15) is 9.90 Å². The molecule has 19 heavy (non-hydrogen) atoms. The molecule has 2 aliphatic heterocycles. The van der Waals surface area contributed by atoms with E-state index >= 15 is 0 Å². The minimum absolute atomic E-state index is 0.00229. The van der Waals surface area contributed by atoms with Crippen molar-refractivity contribution >= 4 is 5.97 Å². The maximum atomic E-state index is 11.5. The molecular formula is C15H27NO3. The summed E-state index contributed by atoms with van der Waals surface area (Å²) >= 11 is 0. The lowest BCUT2D eigenvalue weighted by Crippen LogP contribution is -2.37. The van der Waals surface area contributed by atoms with Gasteiger partial charge in [0.25, 0.3) is 0 Å². The average molecular weight is 269 g/mol. The number of hydrogen-bond donors (Lipinski definition) is 1. The molecule has 2 rings (SSSR count). The molecule has 110 valence electrons. The summed E-state index contributed by atoms with van der Waals surface area (Å²) in [4.78, 5) is 13.8. The summed E-state index contributed by atoms with van der Waals surface area (Å²) in [6, 6.07) is 0. The van der Waals surface area contributed by atoms with Gasteiger partial charge in [-0.15, -0.1) is 0 Å². The van der Waals surface area contributed by atoms with E-state index in [2.05, 4.69) is 25.7 Å². The molecule has 0 saturated carbocycles. The third-order valence-electron chi connectivity index (χ3n) is 4.63. The SMILES string of the molecule is CCCC1(C(=O)O)CCN(CC2CCC(C)(C)O2)C1. The van der Waals surface area contributed by atoms with Crippen molar-refractivity contribution in [3.63, 3.8) is 0 Å². The molecule has 2 saturated heterocycles. The lowest BCUT2D eigenvalue weighted by molar-refractivity contribution is -0.148. The van der Waals surface area contributed by atoms with Crippen LogP contribution >= 0.6 is 0 Å². The fraction of sp³-hybridized carbons (Fsp3) is 0.933. The number of aliphatic carboxylic acids is 1. The maximum Gasteiger partial charge on any atom is 0.310 e. The van der Waals surface area contributed by atoms with Gasteiger partial charge in [0, 0.05) is 13.1 Å². The molecule has 0 radical (unpaired) electrons. The number of carboxylic acids is 1. The van der Waals surface area contributed by atoms with Gasteiger partial charge in [0.2, 0.25) is 0 Å². The van der Waals surface area contributed by atoms with Gasteiger partial charge in [0.05, 0.1) is 17.1 Å². The molecule has 1 N–H and O–H groups in total. The number of rotatable bonds is 5. The number of carboxylic acid groups (broad SMARTS) is 1. The third kappa shape index (κ3) is 3.29. The Balaban J connectivity index is 1.89. The summed E-state index contributed by atoms with van der Waals surface area (Å²) < 4.78 is 6.01. The Kier molecular flexibility index (Phi) is 4.21. The minimum atomic E-state index is -0.621. The van der Waals surface area contributed by atoms with E-state index in [-0.39, 0.29) is 11.7 Å². The molecule has 0 bridgehead atoms. The summed E-state index contributed by atoms with van der Waals surface area (Å²) in [6.07, 6.45) is 4.98. The van der Waals surface area contributed by atoms with Crippen molar-refractivity contribution in [3.8, 4) is 0 Å². The zero-order chi connectivity index (χ0) is 14.1. The second-order valence-corrected chi connectivity index (χ2v) is 6.86. The van der Waals surface area contributed by atoms with E-state index in [0.29, 0.717) is 6.54 Å². The molecule has 2 aliphatic rings. The zero-order valence-corrected chi connectivity index (χ0v) is 12.4. The van der Waals surface area contributed by atoms with Crippen LogP contribution in [0.2, 0.25) is 0 Å². The van der Waals surface area contributed by atoms with Gasteiger partial charge < -0.3 is 9.84 Å². The Morgan fingerprint density at radius 1 is 1.42 bits per heavy atom. The Labute approximate surface area is 116 Å². The molecule has 4 heteroatoms. The highest BCUT2D eigenvalue weighted by Crippen LogP contribution is 2.37. The molecule has 2 heterocycles. The molecule has 0 aromatic heterocycles. The third-order valence-corrected chi connectivity index (χ3v) is 4.63. The van der Waals surface area contributed by atoms with Gasteiger partial charge in [-0.05, 0) is 46.1 Å². The molecule has 0 aromatic rings.